The van der Waals surface area contributed by atoms with Gasteiger partial charge in [0.15, 0.2) is 0 Å². The van der Waals surface area contributed by atoms with Crippen molar-refractivity contribution in [3.63, 3.8) is 0 Å². The fourth-order valence-corrected chi connectivity index (χ4v) is 2.88. The van der Waals surface area contributed by atoms with Crippen molar-refractivity contribution in [1.29, 1.82) is 0 Å². The molecular weight excluding hydrogens is 362 g/mol. The maximum atomic E-state index is 12.9. The molecule has 0 saturated heterocycles. The summed E-state index contributed by atoms with van der Waals surface area (Å²) in [6.45, 7) is -2.42. The monoisotopic (exact) mass is 378 g/mol. The summed E-state index contributed by atoms with van der Waals surface area (Å²) in [6.07, 6.45) is 2.47. The highest BCUT2D eigenvalue weighted by molar-refractivity contribution is 7.07. The second-order valence-electron chi connectivity index (χ2n) is 5.49. The maximum Gasteiger partial charge on any atom is 0.319 e. The molecule has 3 rings (SSSR count). The van der Waals surface area contributed by atoms with Gasteiger partial charge in [0.05, 0.1) is 17.7 Å². The molecule has 0 atom stereocenters. The zero-order chi connectivity index (χ0) is 18.5. The number of hydrogen-bond acceptors (Lipinski definition) is 5. The second-order valence-corrected chi connectivity index (χ2v) is 6.20. The second kappa shape index (κ2) is 8.05. The average molecular weight is 378 g/mol. The Labute approximate surface area is 152 Å². The highest BCUT2D eigenvalue weighted by atomic mass is 32.1. The van der Waals surface area contributed by atoms with Crippen molar-refractivity contribution in [1.82, 2.24) is 19.4 Å². The number of rotatable bonds is 7. The zero-order valence-corrected chi connectivity index (χ0v) is 14.7. The van der Waals surface area contributed by atoms with Crippen molar-refractivity contribution in [3.05, 3.63) is 64.6 Å². The predicted octanol–water partition coefficient (Wildman–Crippen LogP) is 3.59. The maximum absolute atomic E-state index is 12.9. The summed E-state index contributed by atoms with van der Waals surface area (Å²) < 4.78 is 32.1. The molecule has 0 radical (unpaired) electrons. The first-order chi connectivity index (χ1) is 12.5. The van der Waals surface area contributed by atoms with Crippen LogP contribution in [0.15, 0.2) is 47.5 Å². The third-order valence-corrected chi connectivity index (χ3v) is 4.27. The van der Waals surface area contributed by atoms with Gasteiger partial charge in [0.25, 0.3) is 5.91 Å². The molecule has 0 aliphatic rings. The van der Waals surface area contributed by atoms with E-state index >= 15 is 0 Å². The number of carbonyl (C=O) groups is 1. The first kappa shape index (κ1) is 18.0. The predicted molar refractivity (Wildman–Crippen MR) is 92.2 cm³/mol. The molecule has 2 aromatic heterocycles. The topological polar surface area (TPSA) is 60.2 Å². The fourth-order valence-electron chi connectivity index (χ4n) is 2.33. The summed E-state index contributed by atoms with van der Waals surface area (Å²) in [5.74, 6) is 0.339. The van der Waals surface area contributed by atoms with Gasteiger partial charge in [0.2, 0.25) is 0 Å². The summed E-state index contributed by atoms with van der Waals surface area (Å²) >= 11 is 1.48. The first-order valence-corrected chi connectivity index (χ1v) is 8.64. The molecule has 26 heavy (non-hydrogen) atoms. The van der Waals surface area contributed by atoms with Crippen molar-refractivity contribution in [2.75, 3.05) is 7.05 Å². The Morgan fingerprint density at radius 2 is 2.23 bits per heavy atom. The minimum absolute atomic E-state index is 0.0277. The smallest absolute Gasteiger partial charge is 0.319 e. The molecule has 0 N–H and O–H groups in total. The van der Waals surface area contributed by atoms with E-state index in [1.807, 2.05) is 5.38 Å². The van der Waals surface area contributed by atoms with Crippen LogP contribution in [-0.4, -0.2) is 32.4 Å². The number of thiazole rings is 1. The molecule has 0 aliphatic carbocycles. The lowest BCUT2D eigenvalue weighted by atomic mass is 10.2. The molecule has 2 heterocycles. The van der Waals surface area contributed by atoms with E-state index in [2.05, 4.69) is 9.97 Å². The number of hydrogen-bond donors (Lipinski definition) is 0. The molecule has 0 fully saturated rings. The summed E-state index contributed by atoms with van der Waals surface area (Å²) in [5.41, 5.74) is 2.93. The van der Waals surface area contributed by atoms with E-state index < -0.39 is 6.55 Å². The van der Waals surface area contributed by atoms with Crippen LogP contribution in [0.25, 0.3) is 0 Å². The SMILES string of the molecule is CN(Cc1nccn1C(F)F)C(=O)c1cccc(OCc2cscn2)c1. The summed E-state index contributed by atoms with van der Waals surface area (Å²) in [4.78, 5) is 21.9. The number of halogens is 2. The lowest BCUT2D eigenvalue weighted by Crippen LogP contribution is -2.27. The lowest BCUT2D eigenvalue weighted by molar-refractivity contribution is 0.0612. The van der Waals surface area contributed by atoms with Crippen LogP contribution in [0.1, 0.15) is 28.4 Å². The van der Waals surface area contributed by atoms with Crippen LogP contribution in [-0.2, 0) is 13.2 Å². The molecule has 3 aromatic rings. The number of benzene rings is 1. The Hall–Kier alpha value is -2.81. The Balaban J connectivity index is 1.66. The molecule has 9 heteroatoms. The molecule has 136 valence electrons. The van der Waals surface area contributed by atoms with Gasteiger partial charge in [-0.05, 0) is 18.2 Å². The average Bonchev–Trinajstić information content (AvgIpc) is 3.31. The number of ether oxygens (including phenoxy) is 1. The van der Waals surface area contributed by atoms with Crippen molar-refractivity contribution in [3.8, 4) is 5.75 Å². The number of aromatic nitrogens is 3. The molecule has 0 saturated carbocycles. The molecule has 6 nitrogen and oxygen atoms in total. The molecule has 1 aromatic carbocycles. The van der Waals surface area contributed by atoms with Gasteiger partial charge in [0, 0.05) is 30.4 Å². The minimum atomic E-state index is -2.70. The summed E-state index contributed by atoms with van der Waals surface area (Å²) in [7, 11) is 1.54. The van der Waals surface area contributed by atoms with Crippen molar-refractivity contribution < 1.29 is 18.3 Å². The van der Waals surface area contributed by atoms with E-state index in [0.717, 1.165) is 10.3 Å². The largest absolute Gasteiger partial charge is 0.487 e. The zero-order valence-electron chi connectivity index (χ0n) is 13.9. The molecule has 1 amide bonds. The van der Waals surface area contributed by atoms with Crippen LogP contribution >= 0.6 is 11.3 Å². The van der Waals surface area contributed by atoms with Gasteiger partial charge < -0.3 is 9.64 Å². The summed E-state index contributed by atoms with van der Waals surface area (Å²) in [5, 5.41) is 1.88. The Morgan fingerprint density at radius 3 is 2.96 bits per heavy atom. The van der Waals surface area contributed by atoms with Crippen LogP contribution in [0.2, 0.25) is 0 Å². The lowest BCUT2D eigenvalue weighted by Gasteiger charge is -2.18. The van der Waals surface area contributed by atoms with Gasteiger partial charge in [0.1, 0.15) is 18.2 Å². The number of amides is 1. The molecule has 0 bridgehead atoms. The molecule has 0 unspecified atom stereocenters. The third kappa shape index (κ3) is 4.23. The Morgan fingerprint density at radius 1 is 1.38 bits per heavy atom. The highest BCUT2D eigenvalue weighted by Crippen LogP contribution is 2.18. The fraction of sp³-hybridized carbons (Fsp3) is 0.235. The number of alkyl halides is 2. The van der Waals surface area contributed by atoms with Crippen LogP contribution in [0.5, 0.6) is 5.75 Å². The van der Waals surface area contributed by atoms with Crippen LogP contribution in [0, 0.1) is 0 Å². The van der Waals surface area contributed by atoms with Gasteiger partial charge >= 0.3 is 6.55 Å². The number of nitrogens with zero attached hydrogens (tertiary/aromatic N) is 4. The van der Waals surface area contributed by atoms with E-state index in [0.29, 0.717) is 17.9 Å². The Kier molecular flexibility index (Phi) is 5.57. The summed E-state index contributed by atoms with van der Waals surface area (Å²) in [6, 6.07) is 6.71. The Bertz CT molecular complexity index is 867. The van der Waals surface area contributed by atoms with Gasteiger partial charge in [-0.15, -0.1) is 11.3 Å². The first-order valence-electron chi connectivity index (χ1n) is 7.70. The van der Waals surface area contributed by atoms with Gasteiger partial charge in [-0.25, -0.2) is 9.97 Å². The standard InChI is InChI=1S/C17H16F2N4O2S/c1-22(8-15-20-5-6-23(15)17(18)19)16(24)12-3-2-4-14(7-12)25-9-13-10-26-11-21-13/h2-7,10-11,17H,8-9H2,1H3. The van der Waals surface area contributed by atoms with Gasteiger partial charge in [-0.1, -0.05) is 6.07 Å². The quantitative estimate of drug-likeness (QED) is 0.630. The molecule has 0 spiro atoms. The normalized spacial score (nSPS) is 10.9. The van der Waals surface area contributed by atoms with Gasteiger partial charge in [-0.3, -0.25) is 9.36 Å². The van der Waals surface area contributed by atoms with E-state index in [9.17, 15) is 13.6 Å². The van der Waals surface area contributed by atoms with Crippen LogP contribution in [0.3, 0.4) is 0 Å². The van der Waals surface area contributed by atoms with Crippen molar-refractivity contribution >= 4 is 17.2 Å². The third-order valence-electron chi connectivity index (χ3n) is 3.64. The van der Waals surface area contributed by atoms with Crippen molar-refractivity contribution in [2.24, 2.45) is 0 Å². The van der Waals surface area contributed by atoms with Crippen LogP contribution < -0.4 is 4.74 Å². The van der Waals surface area contributed by atoms with E-state index in [1.165, 1.54) is 35.7 Å². The number of carbonyl (C=O) groups excluding carboxylic acids is 1. The van der Waals surface area contributed by atoms with Gasteiger partial charge in [-0.2, -0.15) is 8.78 Å². The van der Waals surface area contributed by atoms with Crippen LogP contribution in [0.4, 0.5) is 8.78 Å². The number of imidazole rings is 1. The van der Waals surface area contributed by atoms with E-state index in [4.69, 9.17) is 4.74 Å². The highest BCUT2D eigenvalue weighted by Gasteiger charge is 2.17. The minimum Gasteiger partial charge on any atom is -0.487 e. The van der Waals surface area contributed by atoms with E-state index in [-0.39, 0.29) is 18.3 Å². The van der Waals surface area contributed by atoms with E-state index in [1.54, 1.807) is 29.8 Å². The molecular formula is C17H16F2N4O2S. The van der Waals surface area contributed by atoms with Crippen molar-refractivity contribution in [2.45, 2.75) is 19.7 Å². The molecule has 0 aliphatic heterocycles.